The molecule has 1 atom stereocenters. The molecule has 0 aliphatic carbocycles. The van der Waals surface area contributed by atoms with Crippen LogP contribution in [0.5, 0.6) is 0 Å². The SMILES string of the molecule is CCC1CN(S(=O)(=O)c2ccc(NC)nc2)CCN1C. The molecule has 2 heterocycles. The van der Waals surface area contributed by atoms with Gasteiger partial charge in [0.2, 0.25) is 10.0 Å². The molecule has 1 aliphatic heterocycles. The Morgan fingerprint density at radius 2 is 2.15 bits per heavy atom. The molecule has 0 saturated carbocycles. The van der Waals surface area contributed by atoms with Gasteiger partial charge in [0.25, 0.3) is 0 Å². The predicted molar refractivity (Wildman–Crippen MR) is 79.3 cm³/mol. The molecule has 20 heavy (non-hydrogen) atoms. The highest BCUT2D eigenvalue weighted by Gasteiger charge is 2.32. The summed E-state index contributed by atoms with van der Waals surface area (Å²) in [6, 6.07) is 3.57. The number of sulfonamides is 1. The lowest BCUT2D eigenvalue weighted by Gasteiger charge is -2.38. The van der Waals surface area contributed by atoms with E-state index in [4.69, 9.17) is 0 Å². The maximum Gasteiger partial charge on any atom is 0.244 e. The molecule has 0 amide bonds. The highest BCUT2D eigenvalue weighted by molar-refractivity contribution is 7.89. The third kappa shape index (κ3) is 2.94. The summed E-state index contributed by atoms with van der Waals surface area (Å²) in [6.07, 6.45) is 2.36. The van der Waals surface area contributed by atoms with Crippen LogP contribution in [-0.4, -0.2) is 62.4 Å². The molecule has 0 bridgehead atoms. The van der Waals surface area contributed by atoms with Crippen LogP contribution in [-0.2, 0) is 10.0 Å². The van der Waals surface area contributed by atoms with Crippen LogP contribution in [0.4, 0.5) is 5.82 Å². The van der Waals surface area contributed by atoms with E-state index in [2.05, 4.69) is 22.1 Å². The molecule has 1 aromatic heterocycles. The smallest absolute Gasteiger partial charge is 0.244 e. The predicted octanol–water partition coefficient (Wildman–Crippen LogP) is 0.838. The number of likely N-dealkylation sites (N-methyl/N-ethyl adjacent to an activating group) is 1. The van der Waals surface area contributed by atoms with Gasteiger partial charge in [0.1, 0.15) is 10.7 Å². The van der Waals surface area contributed by atoms with Gasteiger partial charge in [-0.3, -0.25) is 0 Å². The second-order valence-corrected chi connectivity index (χ2v) is 6.97. The van der Waals surface area contributed by atoms with Crippen LogP contribution in [0.15, 0.2) is 23.2 Å². The molecule has 1 aliphatic rings. The van der Waals surface area contributed by atoms with Crippen molar-refractivity contribution in [3.05, 3.63) is 18.3 Å². The summed E-state index contributed by atoms with van der Waals surface area (Å²) in [6.45, 7) is 3.92. The van der Waals surface area contributed by atoms with E-state index in [1.54, 1.807) is 23.5 Å². The zero-order chi connectivity index (χ0) is 14.8. The molecule has 1 N–H and O–H groups in total. The van der Waals surface area contributed by atoms with E-state index in [0.29, 0.717) is 18.9 Å². The van der Waals surface area contributed by atoms with Gasteiger partial charge in [0, 0.05) is 38.9 Å². The molecule has 1 unspecified atom stereocenters. The van der Waals surface area contributed by atoms with Gasteiger partial charge in [-0.1, -0.05) is 6.92 Å². The first-order valence-corrected chi connectivity index (χ1v) is 8.27. The van der Waals surface area contributed by atoms with Crippen LogP contribution in [0.2, 0.25) is 0 Å². The van der Waals surface area contributed by atoms with Crippen LogP contribution in [0.1, 0.15) is 13.3 Å². The Hall–Kier alpha value is -1.18. The normalized spacial score (nSPS) is 21.9. The minimum atomic E-state index is -3.44. The fourth-order valence-corrected chi connectivity index (χ4v) is 3.82. The van der Waals surface area contributed by atoms with Crippen molar-refractivity contribution in [3.8, 4) is 0 Å². The number of hydrogen-bond acceptors (Lipinski definition) is 5. The third-order valence-corrected chi connectivity index (χ3v) is 5.69. The standard InChI is InChI=1S/C13H22N4O2S/c1-4-11-10-17(8-7-16(11)3)20(18,19)12-5-6-13(14-2)15-9-12/h5-6,9,11H,4,7-8,10H2,1-3H3,(H,14,15). The Labute approximate surface area is 120 Å². The lowest BCUT2D eigenvalue weighted by molar-refractivity contribution is 0.144. The fraction of sp³-hybridized carbons (Fsp3) is 0.615. The second kappa shape index (κ2) is 6.07. The zero-order valence-corrected chi connectivity index (χ0v) is 13.0. The first-order valence-electron chi connectivity index (χ1n) is 6.83. The molecule has 0 radical (unpaired) electrons. The first kappa shape index (κ1) is 15.2. The van der Waals surface area contributed by atoms with E-state index in [0.717, 1.165) is 13.0 Å². The molecule has 7 heteroatoms. The minimum absolute atomic E-state index is 0.260. The minimum Gasteiger partial charge on any atom is -0.373 e. The van der Waals surface area contributed by atoms with E-state index in [1.165, 1.54) is 6.20 Å². The molecule has 1 aromatic rings. The van der Waals surface area contributed by atoms with Gasteiger partial charge in [0.15, 0.2) is 0 Å². The van der Waals surface area contributed by atoms with Gasteiger partial charge in [-0.05, 0) is 25.6 Å². The van der Waals surface area contributed by atoms with Gasteiger partial charge < -0.3 is 10.2 Å². The fourth-order valence-electron chi connectivity index (χ4n) is 2.41. The second-order valence-electron chi connectivity index (χ2n) is 5.03. The number of rotatable bonds is 4. The van der Waals surface area contributed by atoms with Crippen molar-refractivity contribution in [2.24, 2.45) is 0 Å². The number of nitrogens with one attached hydrogen (secondary N) is 1. The van der Waals surface area contributed by atoms with Gasteiger partial charge in [0.05, 0.1) is 0 Å². The Bertz CT molecular complexity index is 544. The van der Waals surface area contributed by atoms with Crippen LogP contribution in [0.3, 0.4) is 0 Å². The summed E-state index contributed by atoms with van der Waals surface area (Å²) in [5, 5.41) is 2.88. The Morgan fingerprint density at radius 1 is 1.40 bits per heavy atom. The summed E-state index contributed by atoms with van der Waals surface area (Å²) >= 11 is 0. The van der Waals surface area contributed by atoms with Crippen LogP contribution in [0.25, 0.3) is 0 Å². The highest BCUT2D eigenvalue weighted by atomic mass is 32.2. The van der Waals surface area contributed by atoms with E-state index in [1.807, 2.05) is 7.05 Å². The van der Waals surface area contributed by atoms with Gasteiger partial charge in [-0.2, -0.15) is 4.31 Å². The van der Waals surface area contributed by atoms with Gasteiger partial charge in [-0.25, -0.2) is 13.4 Å². The average Bonchev–Trinajstić information content (AvgIpc) is 2.47. The van der Waals surface area contributed by atoms with Crippen LogP contribution in [0, 0.1) is 0 Å². The lowest BCUT2D eigenvalue weighted by atomic mass is 10.1. The van der Waals surface area contributed by atoms with Crippen molar-refractivity contribution in [1.82, 2.24) is 14.2 Å². The van der Waals surface area contributed by atoms with Crippen LogP contribution < -0.4 is 5.32 Å². The van der Waals surface area contributed by atoms with Crippen molar-refractivity contribution in [1.29, 1.82) is 0 Å². The summed E-state index contributed by atoms with van der Waals surface area (Å²) in [7, 11) is 0.359. The molecular formula is C13H22N4O2S. The zero-order valence-electron chi connectivity index (χ0n) is 12.2. The number of hydrogen-bond donors (Lipinski definition) is 1. The molecular weight excluding hydrogens is 276 g/mol. The Kier molecular flexibility index (Phi) is 4.62. The number of nitrogens with zero attached hydrogens (tertiary/aromatic N) is 3. The van der Waals surface area contributed by atoms with Crippen molar-refractivity contribution >= 4 is 15.8 Å². The van der Waals surface area contributed by atoms with E-state index in [-0.39, 0.29) is 10.9 Å². The monoisotopic (exact) mass is 298 g/mol. The number of pyridine rings is 1. The summed E-state index contributed by atoms with van der Waals surface area (Å²) in [5.74, 6) is 0.661. The third-order valence-electron chi connectivity index (χ3n) is 3.84. The van der Waals surface area contributed by atoms with Crippen molar-refractivity contribution < 1.29 is 8.42 Å². The van der Waals surface area contributed by atoms with Gasteiger partial charge in [-0.15, -0.1) is 0 Å². The maximum absolute atomic E-state index is 12.6. The highest BCUT2D eigenvalue weighted by Crippen LogP contribution is 2.20. The molecule has 112 valence electrons. The number of piperazine rings is 1. The topological polar surface area (TPSA) is 65.5 Å². The van der Waals surface area contributed by atoms with E-state index in [9.17, 15) is 8.42 Å². The molecule has 2 rings (SSSR count). The number of aromatic nitrogens is 1. The molecule has 6 nitrogen and oxygen atoms in total. The molecule has 1 saturated heterocycles. The average molecular weight is 298 g/mol. The first-order chi connectivity index (χ1) is 9.48. The van der Waals surface area contributed by atoms with Crippen molar-refractivity contribution in [2.45, 2.75) is 24.3 Å². The lowest BCUT2D eigenvalue weighted by Crippen LogP contribution is -2.52. The Morgan fingerprint density at radius 3 is 2.70 bits per heavy atom. The quantitative estimate of drug-likeness (QED) is 0.892. The molecule has 0 spiro atoms. The largest absolute Gasteiger partial charge is 0.373 e. The number of anilines is 1. The summed E-state index contributed by atoms with van der Waals surface area (Å²) in [4.78, 5) is 6.56. The summed E-state index contributed by atoms with van der Waals surface area (Å²) < 4.78 is 26.8. The van der Waals surface area contributed by atoms with Crippen molar-refractivity contribution in [2.75, 3.05) is 39.0 Å². The van der Waals surface area contributed by atoms with Crippen LogP contribution >= 0.6 is 0 Å². The molecule has 1 fully saturated rings. The summed E-state index contributed by atoms with van der Waals surface area (Å²) in [5.41, 5.74) is 0. The Balaban J connectivity index is 2.21. The van der Waals surface area contributed by atoms with E-state index >= 15 is 0 Å². The van der Waals surface area contributed by atoms with Crippen molar-refractivity contribution in [3.63, 3.8) is 0 Å². The molecule has 0 aromatic carbocycles. The van der Waals surface area contributed by atoms with E-state index < -0.39 is 10.0 Å². The maximum atomic E-state index is 12.6. The van der Waals surface area contributed by atoms with Gasteiger partial charge >= 0.3 is 0 Å².